The third kappa shape index (κ3) is 5.62. The molecule has 0 fully saturated rings. The number of amides is 1. The van der Waals surface area contributed by atoms with E-state index in [1.807, 2.05) is 0 Å². The van der Waals surface area contributed by atoms with Gasteiger partial charge < -0.3 is 14.6 Å². The van der Waals surface area contributed by atoms with Crippen LogP contribution in [0.15, 0.2) is 46.4 Å². The second kappa shape index (κ2) is 10.3. The summed E-state index contributed by atoms with van der Waals surface area (Å²) in [4.78, 5) is 12.0. The lowest BCUT2D eigenvalue weighted by atomic mass is 10.2. The summed E-state index contributed by atoms with van der Waals surface area (Å²) in [5.41, 5.74) is 2.55. The van der Waals surface area contributed by atoms with Crippen LogP contribution in [0.4, 0.5) is 0 Å². The third-order valence-corrected chi connectivity index (χ3v) is 6.02. The predicted octanol–water partition coefficient (Wildman–Crippen LogP) is 2.22. The first kappa shape index (κ1) is 23.5. The van der Waals surface area contributed by atoms with Crippen LogP contribution in [0.2, 0.25) is 5.02 Å². The fraction of sp³-hybridized carbons (Fsp3) is 0.263. The Hall–Kier alpha value is -2.82. The molecule has 0 radical (unpaired) electrons. The SMILES string of the molecule is CCOc1cccc(/C=N/NC(=O)CN(C)S(=O)(=O)c2ccc(OC)c(Cl)c2)c1O. The number of hydrogen-bond donors (Lipinski definition) is 2. The molecule has 2 aromatic carbocycles. The Kier molecular flexibility index (Phi) is 8.04. The van der Waals surface area contributed by atoms with Crippen LogP contribution < -0.4 is 14.9 Å². The minimum atomic E-state index is -3.95. The molecule has 0 heterocycles. The average Bonchev–Trinajstić information content (AvgIpc) is 2.70. The van der Waals surface area contributed by atoms with Crippen LogP contribution in [0, 0.1) is 0 Å². The number of para-hydroxylation sites is 1. The standard InChI is InChI=1S/C19H22ClN3O6S/c1-4-29-17-7-5-6-13(19(17)25)11-21-22-18(24)12-23(2)30(26,27)14-8-9-16(28-3)15(20)10-14/h5-11,25H,4,12H2,1-3H3,(H,22,24)/b21-11+. The monoisotopic (exact) mass is 455 g/mol. The Bertz CT molecular complexity index is 1040. The molecule has 0 aliphatic heterocycles. The van der Waals surface area contributed by atoms with Gasteiger partial charge in [0.2, 0.25) is 10.0 Å². The lowest BCUT2D eigenvalue weighted by molar-refractivity contribution is -0.121. The molecule has 0 saturated carbocycles. The molecule has 162 valence electrons. The minimum Gasteiger partial charge on any atom is -0.504 e. The zero-order valence-electron chi connectivity index (χ0n) is 16.6. The molecule has 30 heavy (non-hydrogen) atoms. The number of carbonyl (C=O) groups is 1. The molecule has 0 bridgehead atoms. The van der Waals surface area contributed by atoms with Gasteiger partial charge in [0.1, 0.15) is 5.75 Å². The number of carbonyl (C=O) groups excluding carboxylic acids is 1. The van der Waals surface area contributed by atoms with Crippen molar-refractivity contribution in [2.45, 2.75) is 11.8 Å². The fourth-order valence-corrected chi connectivity index (χ4v) is 3.88. The number of likely N-dealkylation sites (N-methyl/N-ethyl adjacent to an activating group) is 1. The van der Waals surface area contributed by atoms with E-state index in [1.165, 1.54) is 38.6 Å². The Labute approximate surface area is 179 Å². The smallest absolute Gasteiger partial charge is 0.255 e. The molecule has 0 atom stereocenters. The molecular weight excluding hydrogens is 434 g/mol. The van der Waals surface area contributed by atoms with E-state index in [2.05, 4.69) is 10.5 Å². The van der Waals surface area contributed by atoms with Crippen LogP contribution in [0.5, 0.6) is 17.2 Å². The summed E-state index contributed by atoms with van der Waals surface area (Å²) in [7, 11) is -1.28. The number of hydrazone groups is 1. The number of phenols is 1. The number of hydrogen-bond acceptors (Lipinski definition) is 7. The van der Waals surface area contributed by atoms with Gasteiger partial charge >= 0.3 is 0 Å². The number of nitrogens with one attached hydrogen (secondary N) is 1. The number of methoxy groups -OCH3 is 1. The van der Waals surface area contributed by atoms with Crippen molar-refractivity contribution in [3.63, 3.8) is 0 Å². The van der Waals surface area contributed by atoms with Gasteiger partial charge in [0.15, 0.2) is 11.5 Å². The lowest BCUT2D eigenvalue weighted by Gasteiger charge is -2.16. The van der Waals surface area contributed by atoms with Gasteiger partial charge in [0.05, 0.1) is 36.4 Å². The lowest BCUT2D eigenvalue weighted by Crippen LogP contribution is -2.36. The van der Waals surface area contributed by atoms with Crippen molar-refractivity contribution in [1.82, 2.24) is 9.73 Å². The van der Waals surface area contributed by atoms with Gasteiger partial charge in [-0.25, -0.2) is 13.8 Å². The topological polar surface area (TPSA) is 118 Å². The Balaban J connectivity index is 2.03. The fourth-order valence-electron chi connectivity index (χ4n) is 2.40. The number of benzene rings is 2. The molecule has 0 aliphatic carbocycles. The summed E-state index contributed by atoms with van der Waals surface area (Å²) in [5.74, 6) is -0.162. The largest absolute Gasteiger partial charge is 0.504 e. The minimum absolute atomic E-state index is 0.0789. The van der Waals surface area contributed by atoms with E-state index in [0.29, 0.717) is 17.9 Å². The second-order valence-electron chi connectivity index (χ2n) is 5.98. The predicted molar refractivity (Wildman–Crippen MR) is 113 cm³/mol. The zero-order valence-corrected chi connectivity index (χ0v) is 18.2. The summed E-state index contributed by atoms with van der Waals surface area (Å²) < 4.78 is 36.4. The van der Waals surface area contributed by atoms with Crippen molar-refractivity contribution in [2.24, 2.45) is 5.10 Å². The van der Waals surface area contributed by atoms with Crippen molar-refractivity contribution in [1.29, 1.82) is 0 Å². The molecule has 2 rings (SSSR count). The van der Waals surface area contributed by atoms with E-state index in [9.17, 15) is 18.3 Å². The van der Waals surface area contributed by atoms with E-state index in [-0.39, 0.29) is 21.4 Å². The highest BCUT2D eigenvalue weighted by molar-refractivity contribution is 7.89. The average molecular weight is 456 g/mol. The molecule has 0 aliphatic rings. The number of rotatable bonds is 9. The first-order chi connectivity index (χ1) is 14.2. The maximum Gasteiger partial charge on any atom is 0.255 e. The maximum atomic E-state index is 12.6. The van der Waals surface area contributed by atoms with E-state index in [0.717, 1.165) is 4.31 Å². The number of nitrogens with zero attached hydrogens (tertiary/aromatic N) is 2. The van der Waals surface area contributed by atoms with Crippen molar-refractivity contribution in [3.05, 3.63) is 47.0 Å². The molecule has 0 spiro atoms. The third-order valence-electron chi connectivity index (χ3n) is 3.92. The molecule has 1 amide bonds. The molecule has 0 saturated heterocycles. The number of sulfonamides is 1. The van der Waals surface area contributed by atoms with E-state index in [1.54, 1.807) is 25.1 Å². The van der Waals surface area contributed by atoms with Crippen LogP contribution in [-0.4, -0.2) is 57.3 Å². The van der Waals surface area contributed by atoms with Gasteiger partial charge in [-0.2, -0.15) is 9.41 Å². The van der Waals surface area contributed by atoms with Crippen LogP contribution in [0.3, 0.4) is 0 Å². The first-order valence-corrected chi connectivity index (χ1v) is 10.6. The Morgan fingerprint density at radius 2 is 2.03 bits per heavy atom. The number of aromatic hydroxyl groups is 1. The molecule has 0 aromatic heterocycles. The van der Waals surface area contributed by atoms with Gasteiger partial charge in [-0.15, -0.1) is 0 Å². The first-order valence-electron chi connectivity index (χ1n) is 8.77. The van der Waals surface area contributed by atoms with E-state index < -0.39 is 22.5 Å². The quantitative estimate of drug-likeness (QED) is 0.442. The van der Waals surface area contributed by atoms with Crippen LogP contribution in [0.25, 0.3) is 0 Å². The van der Waals surface area contributed by atoms with Crippen molar-refractivity contribution >= 4 is 33.7 Å². The van der Waals surface area contributed by atoms with Crippen molar-refractivity contribution < 1.29 is 27.8 Å². The molecule has 9 nitrogen and oxygen atoms in total. The Morgan fingerprint density at radius 3 is 2.67 bits per heavy atom. The number of phenolic OH excluding ortho intramolecular Hbond substituents is 1. The second-order valence-corrected chi connectivity index (χ2v) is 8.43. The van der Waals surface area contributed by atoms with Crippen molar-refractivity contribution in [2.75, 3.05) is 27.3 Å². The molecular formula is C19H22ClN3O6S. The van der Waals surface area contributed by atoms with Crippen LogP contribution >= 0.6 is 11.6 Å². The molecule has 0 unspecified atom stereocenters. The number of ether oxygens (including phenoxy) is 2. The van der Waals surface area contributed by atoms with Gasteiger partial charge in [0.25, 0.3) is 5.91 Å². The zero-order chi connectivity index (χ0) is 22.3. The highest BCUT2D eigenvalue weighted by Crippen LogP contribution is 2.29. The van der Waals surface area contributed by atoms with Crippen LogP contribution in [0.1, 0.15) is 12.5 Å². The van der Waals surface area contributed by atoms with E-state index in [4.69, 9.17) is 21.1 Å². The summed E-state index contributed by atoms with van der Waals surface area (Å²) in [6.07, 6.45) is 1.23. The van der Waals surface area contributed by atoms with Crippen LogP contribution in [-0.2, 0) is 14.8 Å². The van der Waals surface area contributed by atoms with Gasteiger partial charge in [-0.3, -0.25) is 4.79 Å². The van der Waals surface area contributed by atoms with Gasteiger partial charge in [-0.1, -0.05) is 17.7 Å². The number of halogens is 1. The maximum absolute atomic E-state index is 12.6. The summed E-state index contributed by atoms with van der Waals surface area (Å²) in [5, 5.41) is 14.0. The van der Waals surface area contributed by atoms with Crippen molar-refractivity contribution in [3.8, 4) is 17.2 Å². The molecule has 11 heteroatoms. The summed E-state index contributed by atoms with van der Waals surface area (Å²) in [6, 6.07) is 8.85. The normalized spacial score (nSPS) is 11.6. The molecule has 2 N–H and O–H groups in total. The highest BCUT2D eigenvalue weighted by atomic mass is 35.5. The Morgan fingerprint density at radius 1 is 1.30 bits per heavy atom. The highest BCUT2D eigenvalue weighted by Gasteiger charge is 2.24. The van der Waals surface area contributed by atoms with Gasteiger partial charge in [0, 0.05) is 12.6 Å². The van der Waals surface area contributed by atoms with Gasteiger partial charge in [-0.05, 0) is 37.3 Å². The molecule has 2 aromatic rings. The summed E-state index contributed by atoms with van der Waals surface area (Å²) in [6.45, 7) is 1.68. The van der Waals surface area contributed by atoms with E-state index >= 15 is 0 Å². The summed E-state index contributed by atoms with van der Waals surface area (Å²) >= 11 is 5.98.